The smallest absolute Gasteiger partial charge is 0.310 e. The van der Waals surface area contributed by atoms with E-state index < -0.39 is 24.0 Å². The number of hydrogen-bond donors (Lipinski definition) is 1. The van der Waals surface area contributed by atoms with Gasteiger partial charge < -0.3 is 14.3 Å². The fraction of sp³-hybridized carbons (Fsp3) is 0.211. The Morgan fingerprint density at radius 1 is 1.15 bits per heavy atom. The summed E-state index contributed by atoms with van der Waals surface area (Å²) in [5.74, 6) is -1.86. The Kier molecular flexibility index (Phi) is 4.95. The Labute approximate surface area is 154 Å². The second-order valence-electron chi connectivity index (χ2n) is 5.88. The van der Waals surface area contributed by atoms with Gasteiger partial charge >= 0.3 is 11.9 Å². The molecule has 0 radical (unpaired) electrons. The number of ether oxygens (including phenoxy) is 1. The van der Waals surface area contributed by atoms with Crippen molar-refractivity contribution in [3.8, 4) is 0 Å². The fourth-order valence-corrected chi connectivity index (χ4v) is 2.68. The molecule has 134 valence electrons. The molecule has 3 aromatic rings. The zero-order chi connectivity index (χ0) is 18.8. The minimum atomic E-state index is -0.924. The molecule has 0 spiro atoms. The van der Waals surface area contributed by atoms with E-state index in [0.29, 0.717) is 27.2 Å². The van der Waals surface area contributed by atoms with Crippen LogP contribution >= 0.6 is 11.6 Å². The number of fused-ring (bicyclic) bond motifs is 1. The van der Waals surface area contributed by atoms with Crippen LogP contribution in [0.3, 0.4) is 0 Å². The average molecular weight is 374 g/mol. The first-order valence-corrected chi connectivity index (χ1v) is 8.29. The SMILES string of the molecule is CC(=O)OC(c1ccc(Cl)cc1)c1nc2cc(C(C)C(=O)O)ccc2o1. The van der Waals surface area contributed by atoms with E-state index in [0.717, 1.165) is 0 Å². The minimum absolute atomic E-state index is 0.206. The molecule has 0 amide bonds. The molecule has 0 aliphatic carbocycles. The molecule has 0 bridgehead atoms. The van der Waals surface area contributed by atoms with Gasteiger partial charge in [-0.25, -0.2) is 4.98 Å². The van der Waals surface area contributed by atoms with Gasteiger partial charge in [0.05, 0.1) is 5.92 Å². The van der Waals surface area contributed by atoms with Crippen LogP contribution in [-0.4, -0.2) is 22.0 Å². The van der Waals surface area contributed by atoms with Gasteiger partial charge in [-0.2, -0.15) is 0 Å². The maximum Gasteiger partial charge on any atom is 0.310 e. The van der Waals surface area contributed by atoms with Crippen molar-refractivity contribution in [3.05, 3.63) is 64.5 Å². The number of halogens is 1. The summed E-state index contributed by atoms with van der Waals surface area (Å²) in [5, 5.41) is 9.71. The summed E-state index contributed by atoms with van der Waals surface area (Å²) < 4.78 is 11.1. The first-order chi connectivity index (χ1) is 12.3. The molecule has 1 aromatic heterocycles. The van der Waals surface area contributed by atoms with Crippen LogP contribution in [0.4, 0.5) is 0 Å². The molecule has 0 aliphatic rings. The first kappa shape index (κ1) is 17.9. The van der Waals surface area contributed by atoms with Gasteiger partial charge in [0, 0.05) is 17.5 Å². The van der Waals surface area contributed by atoms with Gasteiger partial charge in [0.15, 0.2) is 5.58 Å². The van der Waals surface area contributed by atoms with Crippen molar-refractivity contribution in [3.63, 3.8) is 0 Å². The second kappa shape index (κ2) is 7.17. The van der Waals surface area contributed by atoms with E-state index in [-0.39, 0.29) is 5.89 Å². The van der Waals surface area contributed by atoms with E-state index in [1.54, 1.807) is 49.4 Å². The molecule has 2 aromatic carbocycles. The highest BCUT2D eigenvalue weighted by molar-refractivity contribution is 6.30. The summed E-state index contributed by atoms with van der Waals surface area (Å²) >= 11 is 5.91. The van der Waals surface area contributed by atoms with Crippen LogP contribution in [0.25, 0.3) is 11.1 Å². The van der Waals surface area contributed by atoms with E-state index in [2.05, 4.69) is 4.98 Å². The average Bonchev–Trinajstić information content (AvgIpc) is 3.02. The quantitative estimate of drug-likeness (QED) is 0.670. The van der Waals surface area contributed by atoms with Gasteiger partial charge in [0.2, 0.25) is 12.0 Å². The number of aliphatic carboxylic acids is 1. The van der Waals surface area contributed by atoms with Crippen LogP contribution in [0.15, 0.2) is 46.9 Å². The zero-order valence-corrected chi connectivity index (χ0v) is 14.9. The van der Waals surface area contributed by atoms with Gasteiger partial charge in [-0.15, -0.1) is 0 Å². The fourth-order valence-electron chi connectivity index (χ4n) is 2.55. The van der Waals surface area contributed by atoms with Crippen LogP contribution in [0.2, 0.25) is 5.02 Å². The maximum atomic E-state index is 11.5. The van der Waals surface area contributed by atoms with Crippen LogP contribution in [0, 0.1) is 0 Å². The second-order valence-corrected chi connectivity index (χ2v) is 6.32. The summed E-state index contributed by atoms with van der Waals surface area (Å²) in [5.41, 5.74) is 2.25. The zero-order valence-electron chi connectivity index (χ0n) is 14.1. The summed E-state index contributed by atoms with van der Waals surface area (Å²) in [6, 6.07) is 11.8. The maximum absolute atomic E-state index is 11.5. The lowest BCUT2D eigenvalue weighted by Gasteiger charge is -2.13. The van der Waals surface area contributed by atoms with Crippen LogP contribution in [0.1, 0.15) is 42.9 Å². The van der Waals surface area contributed by atoms with Crippen LogP contribution < -0.4 is 0 Å². The molecule has 7 heteroatoms. The predicted octanol–water partition coefficient (Wildman–Crippen LogP) is 4.32. The summed E-state index contributed by atoms with van der Waals surface area (Å²) in [4.78, 5) is 27.1. The minimum Gasteiger partial charge on any atom is -0.481 e. The number of rotatable bonds is 5. The number of nitrogens with zero attached hydrogens (tertiary/aromatic N) is 1. The molecule has 3 rings (SSSR count). The number of carbonyl (C=O) groups is 2. The third-order valence-electron chi connectivity index (χ3n) is 3.98. The first-order valence-electron chi connectivity index (χ1n) is 7.91. The lowest BCUT2D eigenvalue weighted by Crippen LogP contribution is -2.10. The molecule has 2 unspecified atom stereocenters. The molecule has 6 nitrogen and oxygen atoms in total. The van der Waals surface area contributed by atoms with Gasteiger partial charge in [0.25, 0.3) is 0 Å². The van der Waals surface area contributed by atoms with E-state index in [9.17, 15) is 9.59 Å². The summed E-state index contributed by atoms with van der Waals surface area (Å²) in [6.07, 6.45) is -0.822. The molecule has 0 saturated carbocycles. The van der Waals surface area contributed by atoms with Gasteiger partial charge in [0.1, 0.15) is 5.52 Å². The highest BCUT2D eigenvalue weighted by atomic mass is 35.5. The number of carboxylic acid groups (broad SMARTS) is 1. The number of carbonyl (C=O) groups excluding carboxylic acids is 1. The summed E-state index contributed by atoms with van der Waals surface area (Å²) in [6.45, 7) is 2.90. The molecule has 0 saturated heterocycles. The monoisotopic (exact) mass is 373 g/mol. The molecule has 26 heavy (non-hydrogen) atoms. The van der Waals surface area contributed by atoms with Crippen molar-refractivity contribution in [1.29, 1.82) is 0 Å². The van der Waals surface area contributed by atoms with Gasteiger partial charge in [-0.1, -0.05) is 29.8 Å². The lowest BCUT2D eigenvalue weighted by atomic mass is 10.0. The lowest BCUT2D eigenvalue weighted by molar-refractivity contribution is -0.145. The van der Waals surface area contributed by atoms with Crippen molar-refractivity contribution in [2.75, 3.05) is 0 Å². The Morgan fingerprint density at radius 2 is 1.81 bits per heavy atom. The number of benzene rings is 2. The molecule has 0 aliphatic heterocycles. The Morgan fingerprint density at radius 3 is 2.42 bits per heavy atom. The highest BCUT2D eigenvalue weighted by Crippen LogP contribution is 2.30. The third kappa shape index (κ3) is 3.70. The van der Waals surface area contributed by atoms with Crippen molar-refractivity contribution >= 4 is 34.6 Å². The summed E-state index contributed by atoms with van der Waals surface area (Å²) in [7, 11) is 0. The molecule has 2 atom stereocenters. The molecule has 0 fully saturated rings. The standard InChI is InChI=1S/C19H16ClNO5/c1-10(19(23)24)13-5-8-16-15(9-13)21-18(26-16)17(25-11(2)22)12-3-6-14(20)7-4-12/h3-10,17H,1-2H3,(H,23,24). The molecule has 1 heterocycles. The van der Waals surface area contributed by atoms with Crippen molar-refractivity contribution in [2.24, 2.45) is 0 Å². The van der Waals surface area contributed by atoms with E-state index in [1.165, 1.54) is 6.92 Å². The van der Waals surface area contributed by atoms with Gasteiger partial charge in [-0.3, -0.25) is 9.59 Å². The highest BCUT2D eigenvalue weighted by Gasteiger charge is 2.24. The van der Waals surface area contributed by atoms with Crippen LogP contribution in [0.5, 0.6) is 0 Å². The third-order valence-corrected chi connectivity index (χ3v) is 4.23. The number of esters is 1. The Hall–Kier alpha value is -2.86. The number of aromatic nitrogens is 1. The molecular weight excluding hydrogens is 358 g/mol. The largest absolute Gasteiger partial charge is 0.481 e. The molecule has 1 N–H and O–H groups in total. The topological polar surface area (TPSA) is 89.6 Å². The number of hydrogen-bond acceptors (Lipinski definition) is 5. The Balaban J connectivity index is 2.03. The number of oxazole rings is 1. The molecular formula is C19H16ClNO5. The van der Waals surface area contributed by atoms with E-state index in [4.69, 9.17) is 25.9 Å². The van der Waals surface area contributed by atoms with Crippen molar-refractivity contribution in [1.82, 2.24) is 4.98 Å². The Bertz CT molecular complexity index is 964. The van der Waals surface area contributed by atoms with E-state index >= 15 is 0 Å². The van der Waals surface area contributed by atoms with Crippen molar-refractivity contribution < 1.29 is 23.8 Å². The van der Waals surface area contributed by atoms with E-state index in [1.807, 2.05) is 0 Å². The van der Waals surface area contributed by atoms with Crippen molar-refractivity contribution in [2.45, 2.75) is 25.9 Å². The normalized spacial score (nSPS) is 13.3. The number of carboxylic acids is 1. The van der Waals surface area contributed by atoms with Crippen LogP contribution in [-0.2, 0) is 14.3 Å². The van der Waals surface area contributed by atoms with Gasteiger partial charge in [-0.05, 0) is 36.8 Å². The predicted molar refractivity (Wildman–Crippen MR) is 95.1 cm³/mol.